The largest absolute Gasteiger partial charge is 0.369 e. The molecule has 0 atom stereocenters. The van der Waals surface area contributed by atoms with E-state index >= 15 is 0 Å². The second-order valence-corrected chi connectivity index (χ2v) is 9.76. The molecule has 9 heteroatoms. The number of fused-ring (bicyclic) bond motifs is 1. The molecule has 0 radical (unpaired) electrons. The number of anilines is 2. The summed E-state index contributed by atoms with van der Waals surface area (Å²) in [5, 5.41) is 3.41. The van der Waals surface area contributed by atoms with Crippen molar-refractivity contribution >= 4 is 50.7 Å². The number of carbonyl (C=O) groups is 1. The van der Waals surface area contributed by atoms with Gasteiger partial charge in [0.05, 0.1) is 16.3 Å². The summed E-state index contributed by atoms with van der Waals surface area (Å²) in [7, 11) is -3.61. The van der Waals surface area contributed by atoms with Crippen LogP contribution in [0.25, 0.3) is 0 Å². The molecule has 142 valence electrons. The van der Waals surface area contributed by atoms with Crippen molar-refractivity contribution in [3.63, 3.8) is 0 Å². The Kier molecular flexibility index (Phi) is 5.07. The molecule has 2 heterocycles. The van der Waals surface area contributed by atoms with Crippen molar-refractivity contribution < 1.29 is 13.2 Å². The molecule has 0 bridgehead atoms. The highest BCUT2D eigenvalue weighted by molar-refractivity contribution is 8.00. The molecule has 1 N–H and O–H groups in total. The molecule has 2 aromatic rings. The van der Waals surface area contributed by atoms with Crippen LogP contribution in [0, 0.1) is 0 Å². The highest BCUT2D eigenvalue weighted by Crippen LogP contribution is 2.34. The van der Waals surface area contributed by atoms with Crippen LogP contribution < -0.4 is 10.2 Å². The maximum Gasteiger partial charge on any atom is 0.243 e. The lowest BCUT2D eigenvalue weighted by Gasteiger charge is -2.35. The monoisotopic (exact) mass is 423 g/mol. The molecular weight excluding hydrogens is 406 g/mol. The summed E-state index contributed by atoms with van der Waals surface area (Å²) in [5.74, 6) is 0.238. The van der Waals surface area contributed by atoms with Gasteiger partial charge in [-0.05, 0) is 36.4 Å². The number of sulfonamides is 1. The predicted molar refractivity (Wildman–Crippen MR) is 108 cm³/mol. The average molecular weight is 424 g/mol. The number of benzene rings is 2. The molecule has 1 amide bonds. The number of amides is 1. The van der Waals surface area contributed by atoms with Crippen molar-refractivity contribution in [1.29, 1.82) is 0 Å². The molecular formula is C18H18ClN3O3S2. The van der Waals surface area contributed by atoms with Gasteiger partial charge in [0.1, 0.15) is 0 Å². The molecule has 2 aromatic carbocycles. The molecule has 2 aliphatic heterocycles. The first-order valence-corrected chi connectivity index (χ1v) is 11.3. The van der Waals surface area contributed by atoms with Crippen molar-refractivity contribution in [3.8, 4) is 0 Å². The molecule has 1 fully saturated rings. The third-order valence-corrected chi connectivity index (χ3v) is 7.84. The van der Waals surface area contributed by atoms with Gasteiger partial charge in [-0.3, -0.25) is 4.79 Å². The van der Waals surface area contributed by atoms with E-state index in [1.165, 1.54) is 16.1 Å². The smallest absolute Gasteiger partial charge is 0.243 e. The summed E-state index contributed by atoms with van der Waals surface area (Å²) >= 11 is 7.46. The fraction of sp³-hybridized carbons (Fsp3) is 0.278. The lowest BCUT2D eigenvalue weighted by atomic mass is 10.2. The Morgan fingerprint density at radius 3 is 2.56 bits per heavy atom. The van der Waals surface area contributed by atoms with Crippen LogP contribution in [-0.4, -0.2) is 50.6 Å². The minimum atomic E-state index is -3.61. The zero-order valence-electron chi connectivity index (χ0n) is 14.4. The topological polar surface area (TPSA) is 69.7 Å². The first kappa shape index (κ1) is 18.6. The maximum absolute atomic E-state index is 13.0. The Balaban J connectivity index is 1.51. The number of carbonyl (C=O) groups excluding carboxylic acids is 1. The summed E-state index contributed by atoms with van der Waals surface area (Å²) in [4.78, 5) is 14.8. The Bertz CT molecular complexity index is 989. The van der Waals surface area contributed by atoms with Gasteiger partial charge in [0.25, 0.3) is 0 Å². The number of halogens is 1. The van der Waals surface area contributed by atoms with E-state index in [0.717, 1.165) is 10.6 Å². The van der Waals surface area contributed by atoms with Crippen LogP contribution in [-0.2, 0) is 14.8 Å². The minimum absolute atomic E-state index is 0.114. The normalized spacial score (nSPS) is 18.1. The van der Waals surface area contributed by atoms with Gasteiger partial charge in [0.2, 0.25) is 15.9 Å². The van der Waals surface area contributed by atoms with Gasteiger partial charge >= 0.3 is 0 Å². The average Bonchev–Trinajstić information content (AvgIpc) is 2.67. The lowest BCUT2D eigenvalue weighted by molar-refractivity contribution is -0.113. The standard InChI is InChI=1S/C18H18ClN3O3S2/c19-13-2-1-3-14(10-13)21-6-8-22(9-7-21)27(24,25)15-4-5-17-16(11-15)20-18(23)12-26-17/h1-5,10-11H,6-9,12H2,(H,20,23). The molecule has 27 heavy (non-hydrogen) atoms. The zero-order valence-corrected chi connectivity index (χ0v) is 16.8. The van der Waals surface area contributed by atoms with E-state index < -0.39 is 10.0 Å². The van der Waals surface area contributed by atoms with Gasteiger partial charge in [-0.25, -0.2) is 8.42 Å². The third kappa shape index (κ3) is 3.80. The van der Waals surface area contributed by atoms with Crippen molar-refractivity contribution in [2.75, 3.05) is 42.1 Å². The van der Waals surface area contributed by atoms with E-state index in [2.05, 4.69) is 10.2 Å². The molecule has 0 unspecified atom stereocenters. The first-order chi connectivity index (χ1) is 12.9. The Morgan fingerprint density at radius 1 is 1.04 bits per heavy atom. The molecule has 0 aliphatic carbocycles. The van der Waals surface area contributed by atoms with E-state index in [9.17, 15) is 13.2 Å². The first-order valence-electron chi connectivity index (χ1n) is 8.51. The van der Waals surface area contributed by atoms with Gasteiger partial charge in [-0.2, -0.15) is 4.31 Å². The van der Waals surface area contributed by atoms with E-state index in [0.29, 0.717) is 42.6 Å². The molecule has 2 aliphatic rings. The number of hydrogen-bond donors (Lipinski definition) is 1. The number of piperazine rings is 1. The Morgan fingerprint density at radius 2 is 1.81 bits per heavy atom. The van der Waals surface area contributed by atoms with E-state index in [4.69, 9.17) is 11.6 Å². The van der Waals surface area contributed by atoms with Crippen LogP contribution in [0.1, 0.15) is 0 Å². The van der Waals surface area contributed by atoms with Gasteiger partial charge in [-0.15, -0.1) is 11.8 Å². The Hall–Kier alpha value is -1.74. The van der Waals surface area contributed by atoms with Crippen LogP contribution in [0.3, 0.4) is 0 Å². The summed E-state index contributed by atoms with van der Waals surface area (Å²) in [6, 6.07) is 12.5. The van der Waals surface area contributed by atoms with Crippen molar-refractivity contribution in [1.82, 2.24) is 4.31 Å². The molecule has 4 rings (SSSR count). The van der Waals surface area contributed by atoms with E-state index in [-0.39, 0.29) is 10.8 Å². The zero-order chi connectivity index (χ0) is 19.0. The summed E-state index contributed by atoms with van der Waals surface area (Å²) in [5.41, 5.74) is 1.56. The van der Waals surface area contributed by atoms with Crippen LogP contribution in [0.15, 0.2) is 52.3 Å². The Labute approximate surface area is 167 Å². The second kappa shape index (κ2) is 7.35. The molecule has 6 nitrogen and oxygen atoms in total. The number of hydrogen-bond acceptors (Lipinski definition) is 5. The number of rotatable bonds is 3. The highest BCUT2D eigenvalue weighted by atomic mass is 35.5. The van der Waals surface area contributed by atoms with Gasteiger partial charge < -0.3 is 10.2 Å². The molecule has 0 spiro atoms. The van der Waals surface area contributed by atoms with Crippen molar-refractivity contribution in [3.05, 3.63) is 47.5 Å². The van der Waals surface area contributed by atoms with Crippen molar-refractivity contribution in [2.24, 2.45) is 0 Å². The summed E-state index contributed by atoms with van der Waals surface area (Å²) in [6.45, 7) is 1.98. The van der Waals surface area contributed by atoms with Gasteiger partial charge in [0, 0.05) is 41.8 Å². The number of thioether (sulfide) groups is 1. The fourth-order valence-electron chi connectivity index (χ4n) is 3.23. The molecule has 1 saturated heterocycles. The second-order valence-electron chi connectivity index (χ2n) is 6.37. The lowest BCUT2D eigenvalue weighted by Crippen LogP contribution is -2.48. The number of nitrogens with one attached hydrogen (secondary N) is 1. The summed E-state index contributed by atoms with van der Waals surface area (Å²) < 4.78 is 27.5. The van der Waals surface area contributed by atoms with Crippen molar-refractivity contribution in [2.45, 2.75) is 9.79 Å². The quantitative estimate of drug-likeness (QED) is 0.822. The predicted octanol–water partition coefficient (Wildman–Crippen LogP) is 2.90. The van der Waals surface area contributed by atoms with Crippen LogP contribution in [0.2, 0.25) is 5.02 Å². The van der Waals surface area contributed by atoms with Gasteiger partial charge in [0.15, 0.2) is 0 Å². The highest BCUT2D eigenvalue weighted by Gasteiger charge is 2.29. The summed E-state index contributed by atoms with van der Waals surface area (Å²) in [6.07, 6.45) is 0. The van der Waals surface area contributed by atoms with E-state index in [1.807, 2.05) is 24.3 Å². The maximum atomic E-state index is 13.0. The third-order valence-electron chi connectivity index (χ3n) is 4.63. The minimum Gasteiger partial charge on any atom is -0.369 e. The SMILES string of the molecule is O=C1CSc2ccc(S(=O)(=O)N3CCN(c4cccc(Cl)c4)CC3)cc2N1. The van der Waals surface area contributed by atoms with Crippen LogP contribution in [0.4, 0.5) is 11.4 Å². The fourth-order valence-corrected chi connectivity index (χ4v) is 5.65. The van der Waals surface area contributed by atoms with Crippen LogP contribution in [0.5, 0.6) is 0 Å². The van der Waals surface area contributed by atoms with Gasteiger partial charge in [-0.1, -0.05) is 17.7 Å². The van der Waals surface area contributed by atoms with Crippen LogP contribution >= 0.6 is 23.4 Å². The van der Waals surface area contributed by atoms with E-state index in [1.54, 1.807) is 18.2 Å². The number of nitrogens with zero attached hydrogens (tertiary/aromatic N) is 2. The molecule has 0 aromatic heterocycles. The molecule has 0 saturated carbocycles.